The highest BCUT2D eigenvalue weighted by Crippen LogP contribution is 2.46. The van der Waals surface area contributed by atoms with Crippen LogP contribution in [0.5, 0.6) is 0 Å². The number of aliphatic hydroxyl groups excluding tert-OH is 1. The van der Waals surface area contributed by atoms with Gasteiger partial charge in [-0.05, 0) is 43.9 Å². The highest BCUT2D eigenvalue weighted by atomic mass is 35.5. The molecule has 0 unspecified atom stereocenters. The minimum absolute atomic E-state index is 0.292. The zero-order valence-electron chi connectivity index (χ0n) is 12.9. The first kappa shape index (κ1) is 16.1. The van der Waals surface area contributed by atoms with E-state index >= 15 is 0 Å². The number of nitrogens with zero attached hydrogens (tertiary/aromatic N) is 2. The Morgan fingerprint density at radius 1 is 1.57 bits per heavy atom. The van der Waals surface area contributed by atoms with Crippen molar-refractivity contribution in [2.45, 2.75) is 44.1 Å². The van der Waals surface area contributed by atoms with E-state index in [2.05, 4.69) is 0 Å². The van der Waals surface area contributed by atoms with E-state index in [9.17, 15) is 9.90 Å². The maximum absolute atomic E-state index is 12.5. The molecule has 1 aliphatic carbocycles. The van der Waals surface area contributed by atoms with Crippen molar-refractivity contribution in [2.75, 3.05) is 12.0 Å². The summed E-state index contributed by atoms with van der Waals surface area (Å²) in [7, 11) is 1.48. The molecule has 2 fully saturated rings. The standard InChI is InChI=1S/C16H17ClN2O4/c1-9-11(6-5-10(8-18)13(9)17)19-14(22-2)16(23-15(19)21)7-3-4-12(16)20/h5-6,12,14,20H,3-4,7H2,1-2H3/t12-,14+,16-/m1/s1. The lowest BCUT2D eigenvalue weighted by Crippen LogP contribution is -2.51. The second kappa shape index (κ2) is 5.68. The average Bonchev–Trinajstić information content (AvgIpc) is 3.03. The number of benzene rings is 1. The van der Waals surface area contributed by atoms with Gasteiger partial charge in [0.25, 0.3) is 0 Å². The molecule has 0 bridgehead atoms. The summed E-state index contributed by atoms with van der Waals surface area (Å²) in [5.41, 5.74) is 0.389. The second-order valence-electron chi connectivity index (χ2n) is 5.87. The van der Waals surface area contributed by atoms with Crippen molar-refractivity contribution in [3.63, 3.8) is 0 Å². The zero-order valence-corrected chi connectivity index (χ0v) is 13.6. The van der Waals surface area contributed by atoms with E-state index in [1.54, 1.807) is 19.1 Å². The van der Waals surface area contributed by atoms with E-state index in [-0.39, 0.29) is 0 Å². The van der Waals surface area contributed by atoms with Crippen molar-refractivity contribution < 1.29 is 19.4 Å². The molecule has 3 rings (SSSR count). The summed E-state index contributed by atoms with van der Waals surface area (Å²) in [5.74, 6) is 0. The summed E-state index contributed by atoms with van der Waals surface area (Å²) >= 11 is 6.20. The van der Waals surface area contributed by atoms with Gasteiger partial charge in [0.1, 0.15) is 6.07 Å². The maximum atomic E-state index is 12.5. The number of ether oxygens (including phenoxy) is 2. The third-order valence-corrected chi connectivity index (χ3v) is 5.18. The smallest absolute Gasteiger partial charge is 0.417 e. The van der Waals surface area contributed by atoms with E-state index in [1.165, 1.54) is 12.0 Å². The van der Waals surface area contributed by atoms with E-state index in [0.717, 1.165) is 6.42 Å². The minimum atomic E-state index is -1.06. The molecule has 1 aliphatic heterocycles. The molecule has 1 aromatic rings. The van der Waals surface area contributed by atoms with Crippen molar-refractivity contribution in [2.24, 2.45) is 0 Å². The van der Waals surface area contributed by atoms with E-state index < -0.39 is 24.0 Å². The van der Waals surface area contributed by atoms with Crippen LogP contribution in [0.25, 0.3) is 0 Å². The van der Waals surface area contributed by atoms with Gasteiger partial charge in [0.2, 0.25) is 0 Å². The van der Waals surface area contributed by atoms with Crippen LogP contribution < -0.4 is 4.90 Å². The van der Waals surface area contributed by atoms with Crippen LogP contribution in [0.4, 0.5) is 10.5 Å². The molecule has 0 aromatic heterocycles. The molecule has 1 saturated carbocycles. The van der Waals surface area contributed by atoms with E-state index in [0.29, 0.717) is 34.7 Å². The van der Waals surface area contributed by atoms with Crippen molar-refractivity contribution in [3.8, 4) is 6.07 Å². The lowest BCUT2D eigenvalue weighted by atomic mass is 9.96. The highest BCUT2D eigenvalue weighted by molar-refractivity contribution is 6.33. The van der Waals surface area contributed by atoms with Gasteiger partial charge in [-0.15, -0.1) is 0 Å². The Hall–Kier alpha value is -1.81. The number of anilines is 1. The molecule has 3 atom stereocenters. The van der Waals surface area contributed by atoms with Gasteiger partial charge in [0, 0.05) is 7.11 Å². The first-order chi connectivity index (χ1) is 11.0. The van der Waals surface area contributed by atoms with Crippen molar-refractivity contribution in [1.82, 2.24) is 0 Å². The van der Waals surface area contributed by atoms with Gasteiger partial charge >= 0.3 is 6.09 Å². The fraction of sp³-hybridized carbons (Fsp3) is 0.500. The van der Waals surface area contributed by atoms with Gasteiger partial charge in [-0.3, -0.25) is 0 Å². The summed E-state index contributed by atoms with van der Waals surface area (Å²) in [6.45, 7) is 1.73. The van der Waals surface area contributed by atoms with Crippen LogP contribution in [0.1, 0.15) is 30.4 Å². The Bertz CT molecular complexity index is 702. The lowest BCUT2D eigenvalue weighted by Gasteiger charge is -2.33. The van der Waals surface area contributed by atoms with Crippen LogP contribution in [-0.4, -0.2) is 36.2 Å². The molecule has 1 N–H and O–H groups in total. The molecule has 1 amide bonds. The largest absolute Gasteiger partial charge is 0.435 e. The minimum Gasteiger partial charge on any atom is -0.435 e. The van der Waals surface area contributed by atoms with Gasteiger partial charge in [-0.2, -0.15) is 5.26 Å². The molecule has 6 nitrogen and oxygen atoms in total. The SMILES string of the molecule is CO[C@@H]1N(c2ccc(C#N)c(Cl)c2C)C(=O)O[C@@]12CCC[C@H]2O. The Balaban J connectivity index is 2.08. The molecule has 1 heterocycles. The van der Waals surface area contributed by atoms with Gasteiger partial charge in [-0.25, -0.2) is 9.69 Å². The Morgan fingerprint density at radius 3 is 2.87 bits per heavy atom. The lowest BCUT2D eigenvalue weighted by molar-refractivity contribution is -0.107. The van der Waals surface area contributed by atoms with Crippen molar-refractivity contribution in [3.05, 3.63) is 28.3 Å². The molecule has 0 radical (unpaired) electrons. The number of carbonyl (C=O) groups excluding carboxylic acids is 1. The fourth-order valence-electron chi connectivity index (χ4n) is 3.52. The molecule has 1 spiro atoms. The molecular formula is C16H17ClN2O4. The second-order valence-corrected chi connectivity index (χ2v) is 6.25. The summed E-state index contributed by atoms with van der Waals surface area (Å²) in [4.78, 5) is 13.8. The molecule has 1 saturated heterocycles. The first-order valence-corrected chi connectivity index (χ1v) is 7.76. The van der Waals surface area contributed by atoms with Gasteiger partial charge < -0.3 is 14.6 Å². The number of hydrogen-bond acceptors (Lipinski definition) is 5. The quantitative estimate of drug-likeness (QED) is 0.897. The first-order valence-electron chi connectivity index (χ1n) is 7.38. The van der Waals surface area contributed by atoms with E-state index in [1.807, 2.05) is 6.07 Å². The third-order valence-electron chi connectivity index (χ3n) is 4.70. The summed E-state index contributed by atoms with van der Waals surface area (Å²) < 4.78 is 11.1. The summed E-state index contributed by atoms with van der Waals surface area (Å²) in [5, 5.41) is 19.7. The molecular weight excluding hydrogens is 320 g/mol. The van der Waals surface area contributed by atoms with Crippen LogP contribution in [0.2, 0.25) is 5.02 Å². The molecule has 122 valence electrons. The number of nitriles is 1. The number of rotatable bonds is 2. The normalized spacial score (nSPS) is 29.9. The molecule has 23 heavy (non-hydrogen) atoms. The average molecular weight is 337 g/mol. The molecule has 1 aromatic carbocycles. The fourth-order valence-corrected chi connectivity index (χ4v) is 3.72. The number of aliphatic hydroxyl groups is 1. The highest BCUT2D eigenvalue weighted by Gasteiger charge is 2.61. The Labute approximate surface area is 139 Å². The predicted octanol–water partition coefficient (Wildman–Crippen LogP) is 2.73. The van der Waals surface area contributed by atoms with E-state index in [4.69, 9.17) is 26.3 Å². The predicted molar refractivity (Wildman–Crippen MR) is 83.2 cm³/mol. The van der Waals surface area contributed by atoms with Gasteiger partial charge in [0.15, 0.2) is 11.8 Å². The maximum Gasteiger partial charge on any atom is 0.417 e. The van der Waals surface area contributed by atoms with Gasteiger partial charge in [-0.1, -0.05) is 11.6 Å². The molecule has 7 heteroatoms. The molecule has 2 aliphatic rings. The van der Waals surface area contributed by atoms with Crippen LogP contribution in [0.15, 0.2) is 12.1 Å². The number of amides is 1. The number of hydrogen-bond donors (Lipinski definition) is 1. The summed E-state index contributed by atoms with van der Waals surface area (Å²) in [6, 6.07) is 5.21. The monoisotopic (exact) mass is 336 g/mol. The van der Waals surface area contributed by atoms with Crippen LogP contribution in [0, 0.1) is 18.3 Å². The zero-order chi connectivity index (χ0) is 16.8. The van der Waals surface area contributed by atoms with Crippen molar-refractivity contribution in [1.29, 1.82) is 5.26 Å². The number of halogens is 1. The van der Waals surface area contributed by atoms with Gasteiger partial charge in [0.05, 0.1) is 22.4 Å². The van der Waals surface area contributed by atoms with Crippen LogP contribution >= 0.6 is 11.6 Å². The third kappa shape index (κ3) is 2.19. The van der Waals surface area contributed by atoms with Crippen LogP contribution in [-0.2, 0) is 9.47 Å². The number of carbonyl (C=O) groups is 1. The number of methoxy groups -OCH3 is 1. The Morgan fingerprint density at radius 2 is 2.30 bits per heavy atom. The Kier molecular flexibility index (Phi) is 3.96. The summed E-state index contributed by atoms with van der Waals surface area (Å²) in [6.07, 6.45) is -0.228. The van der Waals surface area contributed by atoms with Crippen LogP contribution in [0.3, 0.4) is 0 Å². The van der Waals surface area contributed by atoms with Crippen molar-refractivity contribution >= 4 is 23.4 Å². The topological polar surface area (TPSA) is 82.8 Å².